The maximum Gasteiger partial charge on any atom is 0.217 e. The van der Waals surface area contributed by atoms with Gasteiger partial charge in [-0.25, -0.2) is 0 Å². The summed E-state index contributed by atoms with van der Waals surface area (Å²) in [5.74, 6) is 1.89. The number of guanidine groups is 1. The quantitative estimate of drug-likeness (QED) is 0.477. The molecule has 0 aliphatic carbocycles. The first-order valence-electron chi connectivity index (χ1n) is 11.1. The van der Waals surface area contributed by atoms with E-state index in [1.54, 1.807) is 0 Å². The summed E-state index contributed by atoms with van der Waals surface area (Å²) in [5, 5.41) is 3.49. The lowest BCUT2D eigenvalue weighted by Gasteiger charge is -2.36. The van der Waals surface area contributed by atoms with E-state index >= 15 is 0 Å². The van der Waals surface area contributed by atoms with Crippen LogP contribution in [0.25, 0.3) is 0 Å². The molecule has 0 aromatic heterocycles. The third-order valence-electron chi connectivity index (χ3n) is 6.27. The van der Waals surface area contributed by atoms with Crippen molar-refractivity contribution >= 4 is 11.9 Å². The maximum atomic E-state index is 11.3. The Kier molecular flexibility index (Phi) is 9.39. The summed E-state index contributed by atoms with van der Waals surface area (Å²) in [7, 11) is 0. The van der Waals surface area contributed by atoms with Crippen LogP contribution >= 0.6 is 0 Å². The van der Waals surface area contributed by atoms with Crippen LogP contribution in [-0.4, -0.2) is 67.0 Å². The monoisotopic (exact) mass is 379 g/mol. The molecule has 0 saturated carbocycles. The van der Waals surface area contributed by atoms with Crippen molar-refractivity contribution in [1.29, 1.82) is 0 Å². The number of carbonyl (C=O) groups is 1. The standard InChI is InChI=1S/C21H41N5O/c1-4-18(5-2)19(25-11-7-8-12-25)15-24-21(23-6-3)26-13-9-10-17(16-26)14-20(22)27/h17-19H,4-16H2,1-3H3,(H2,22,27)(H,23,24). The lowest BCUT2D eigenvalue weighted by Crippen LogP contribution is -2.48. The second-order valence-electron chi connectivity index (χ2n) is 8.21. The van der Waals surface area contributed by atoms with E-state index in [-0.39, 0.29) is 5.91 Å². The number of hydrogen-bond acceptors (Lipinski definition) is 3. The smallest absolute Gasteiger partial charge is 0.217 e. The van der Waals surface area contributed by atoms with E-state index in [9.17, 15) is 4.79 Å². The van der Waals surface area contributed by atoms with Crippen LogP contribution in [-0.2, 0) is 4.79 Å². The molecule has 6 heteroatoms. The molecule has 0 radical (unpaired) electrons. The van der Waals surface area contributed by atoms with Crippen LogP contribution in [0.5, 0.6) is 0 Å². The van der Waals surface area contributed by atoms with Crippen molar-refractivity contribution in [2.24, 2.45) is 22.6 Å². The highest BCUT2D eigenvalue weighted by Crippen LogP contribution is 2.24. The number of nitrogens with zero attached hydrogens (tertiary/aromatic N) is 3. The first kappa shape index (κ1) is 22.0. The fourth-order valence-corrected chi connectivity index (χ4v) is 4.78. The molecule has 0 aromatic carbocycles. The average molecular weight is 380 g/mol. The minimum absolute atomic E-state index is 0.188. The zero-order chi connectivity index (χ0) is 19.6. The molecule has 0 bridgehead atoms. The summed E-state index contributed by atoms with van der Waals surface area (Å²) in [6.45, 7) is 12.8. The van der Waals surface area contributed by atoms with E-state index in [2.05, 4.69) is 35.9 Å². The molecule has 2 unspecified atom stereocenters. The van der Waals surface area contributed by atoms with Crippen LogP contribution in [0.1, 0.15) is 65.7 Å². The summed E-state index contributed by atoms with van der Waals surface area (Å²) in [4.78, 5) is 21.4. The first-order chi connectivity index (χ1) is 13.1. The predicted molar refractivity (Wildman–Crippen MR) is 113 cm³/mol. The van der Waals surface area contributed by atoms with Gasteiger partial charge in [0.05, 0.1) is 6.54 Å². The summed E-state index contributed by atoms with van der Waals surface area (Å²) in [6, 6.07) is 0.544. The molecule has 0 spiro atoms. The van der Waals surface area contributed by atoms with Gasteiger partial charge in [-0.1, -0.05) is 26.7 Å². The number of nitrogens with two attached hydrogens (primary N) is 1. The van der Waals surface area contributed by atoms with Crippen LogP contribution in [0.3, 0.4) is 0 Å². The van der Waals surface area contributed by atoms with Gasteiger partial charge in [0.2, 0.25) is 5.91 Å². The van der Waals surface area contributed by atoms with Crippen LogP contribution in [0.2, 0.25) is 0 Å². The molecule has 2 heterocycles. The third kappa shape index (κ3) is 6.66. The van der Waals surface area contributed by atoms with Gasteiger partial charge in [0.15, 0.2) is 5.96 Å². The number of nitrogens with one attached hydrogen (secondary N) is 1. The molecule has 2 atom stereocenters. The van der Waals surface area contributed by atoms with Crippen molar-refractivity contribution < 1.29 is 4.79 Å². The molecule has 2 saturated heterocycles. The Morgan fingerprint density at radius 3 is 2.44 bits per heavy atom. The molecule has 1 amide bonds. The van der Waals surface area contributed by atoms with Crippen molar-refractivity contribution in [3.05, 3.63) is 0 Å². The summed E-state index contributed by atoms with van der Waals surface area (Å²) in [5.41, 5.74) is 5.43. The van der Waals surface area contributed by atoms with Crippen molar-refractivity contribution in [2.45, 2.75) is 71.8 Å². The van der Waals surface area contributed by atoms with E-state index in [0.717, 1.165) is 45.0 Å². The average Bonchev–Trinajstić information content (AvgIpc) is 3.18. The van der Waals surface area contributed by atoms with Crippen molar-refractivity contribution in [3.8, 4) is 0 Å². The van der Waals surface area contributed by atoms with E-state index in [4.69, 9.17) is 10.7 Å². The summed E-state index contributed by atoms with van der Waals surface area (Å²) < 4.78 is 0. The fourth-order valence-electron chi connectivity index (χ4n) is 4.78. The Hall–Kier alpha value is -1.30. The Bertz CT molecular complexity index is 469. The van der Waals surface area contributed by atoms with Crippen molar-refractivity contribution in [1.82, 2.24) is 15.1 Å². The highest BCUT2D eigenvalue weighted by atomic mass is 16.1. The molecule has 156 valence electrons. The normalized spacial score (nSPS) is 23.0. The second-order valence-corrected chi connectivity index (χ2v) is 8.21. The molecule has 2 rings (SSSR count). The van der Waals surface area contributed by atoms with Gasteiger partial charge in [-0.05, 0) is 57.5 Å². The Morgan fingerprint density at radius 2 is 1.85 bits per heavy atom. The van der Waals surface area contributed by atoms with Crippen LogP contribution in [0, 0.1) is 11.8 Å². The van der Waals surface area contributed by atoms with E-state index in [1.807, 2.05) is 0 Å². The maximum absolute atomic E-state index is 11.3. The molecule has 2 aliphatic rings. The van der Waals surface area contributed by atoms with Gasteiger partial charge in [-0.15, -0.1) is 0 Å². The molecule has 3 N–H and O–H groups in total. The Morgan fingerprint density at radius 1 is 1.15 bits per heavy atom. The SMILES string of the molecule is CCNC(=NCC(C(CC)CC)N1CCCC1)N1CCCC(CC(N)=O)C1. The molecule has 0 aromatic rings. The van der Waals surface area contributed by atoms with E-state index < -0.39 is 0 Å². The van der Waals surface area contributed by atoms with Crippen molar-refractivity contribution in [2.75, 3.05) is 39.3 Å². The lowest BCUT2D eigenvalue weighted by molar-refractivity contribution is -0.119. The van der Waals surface area contributed by atoms with Gasteiger partial charge in [0.1, 0.15) is 0 Å². The fraction of sp³-hybridized carbons (Fsp3) is 0.905. The number of rotatable bonds is 9. The number of piperidine rings is 1. The molecule has 6 nitrogen and oxygen atoms in total. The molecule has 2 aliphatic heterocycles. The van der Waals surface area contributed by atoms with Crippen LogP contribution in [0.4, 0.5) is 0 Å². The van der Waals surface area contributed by atoms with Gasteiger partial charge in [-0.2, -0.15) is 0 Å². The number of aliphatic imine (C=N–C) groups is 1. The zero-order valence-corrected chi connectivity index (χ0v) is 17.8. The molecule has 2 fully saturated rings. The summed E-state index contributed by atoms with van der Waals surface area (Å²) in [6.07, 6.45) is 7.75. The summed E-state index contributed by atoms with van der Waals surface area (Å²) >= 11 is 0. The Balaban J connectivity index is 2.07. The van der Waals surface area contributed by atoms with E-state index in [1.165, 1.54) is 38.8 Å². The highest BCUT2D eigenvalue weighted by molar-refractivity contribution is 5.80. The number of carbonyl (C=O) groups excluding carboxylic acids is 1. The predicted octanol–water partition coefficient (Wildman–Crippen LogP) is 2.44. The van der Waals surface area contributed by atoms with Crippen molar-refractivity contribution in [3.63, 3.8) is 0 Å². The number of hydrogen-bond donors (Lipinski definition) is 2. The van der Waals surface area contributed by atoms with Crippen LogP contribution in [0.15, 0.2) is 4.99 Å². The van der Waals surface area contributed by atoms with Gasteiger partial charge in [0, 0.05) is 32.1 Å². The largest absolute Gasteiger partial charge is 0.370 e. The number of likely N-dealkylation sites (tertiary alicyclic amines) is 2. The van der Waals surface area contributed by atoms with E-state index in [0.29, 0.717) is 24.3 Å². The number of primary amides is 1. The topological polar surface area (TPSA) is 74.0 Å². The molecule has 27 heavy (non-hydrogen) atoms. The second kappa shape index (κ2) is 11.5. The van der Waals surface area contributed by atoms with Gasteiger partial charge < -0.3 is 16.0 Å². The minimum atomic E-state index is -0.188. The molecular formula is C21H41N5O. The highest BCUT2D eigenvalue weighted by Gasteiger charge is 2.28. The Labute approximate surface area is 165 Å². The van der Waals surface area contributed by atoms with Gasteiger partial charge in [-0.3, -0.25) is 14.7 Å². The third-order valence-corrected chi connectivity index (χ3v) is 6.27. The lowest BCUT2D eigenvalue weighted by atomic mass is 9.93. The van der Waals surface area contributed by atoms with Crippen LogP contribution < -0.4 is 11.1 Å². The number of amides is 1. The van der Waals surface area contributed by atoms with Gasteiger partial charge >= 0.3 is 0 Å². The first-order valence-corrected chi connectivity index (χ1v) is 11.1. The zero-order valence-electron chi connectivity index (χ0n) is 17.8. The minimum Gasteiger partial charge on any atom is -0.370 e. The molecular weight excluding hydrogens is 338 g/mol. The van der Waals surface area contributed by atoms with Gasteiger partial charge in [0.25, 0.3) is 0 Å².